The predicted octanol–water partition coefficient (Wildman–Crippen LogP) is 1.51. The number of aromatic nitrogens is 2. The smallest absolute Gasteiger partial charge is 0.242 e. The largest absolute Gasteiger partial charge is 0.493 e. The Hall–Kier alpha value is -1.65. The number of carbonyl (C=O) groups is 2. The van der Waals surface area contributed by atoms with Gasteiger partial charge in [0.1, 0.15) is 17.8 Å². The van der Waals surface area contributed by atoms with Gasteiger partial charge in [0.05, 0.1) is 6.42 Å². The van der Waals surface area contributed by atoms with Crippen LogP contribution in [0.15, 0.2) is 6.33 Å². The van der Waals surface area contributed by atoms with Gasteiger partial charge >= 0.3 is 0 Å². The standard InChI is InChI=1S/C11H16N2O3/c1-7(14)5-8(15)13-6-12-9(10(13)16)11(2,3)4/h6,16H,5H2,1-4H3. The van der Waals surface area contributed by atoms with E-state index >= 15 is 0 Å². The summed E-state index contributed by atoms with van der Waals surface area (Å²) in [6.45, 7) is 6.98. The van der Waals surface area contributed by atoms with Crippen molar-refractivity contribution in [2.75, 3.05) is 0 Å². The van der Waals surface area contributed by atoms with Gasteiger partial charge in [-0.25, -0.2) is 9.55 Å². The summed E-state index contributed by atoms with van der Waals surface area (Å²) in [7, 11) is 0. The first-order chi connectivity index (χ1) is 7.23. The topological polar surface area (TPSA) is 72.2 Å². The summed E-state index contributed by atoms with van der Waals surface area (Å²) in [5, 5.41) is 9.82. The van der Waals surface area contributed by atoms with Crippen molar-refractivity contribution in [3.8, 4) is 5.88 Å². The molecule has 0 spiro atoms. The molecule has 16 heavy (non-hydrogen) atoms. The highest BCUT2D eigenvalue weighted by Gasteiger charge is 2.25. The molecular weight excluding hydrogens is 208 g/mol. The lowest BCUT2D eigenvalue weighted by molar-refractivity contribution is -0.116. The third-order valence-corrected chi connectivity index (χ3v) is 2.12. The summed E-state index contributed by atoms with van der Waals surface area (Å²) in [6.07, 6.45) is 1.02. The van der Waals surface area contributed by atoms with Gasteiger partial charge in [0.2, 0.25) is 11.8 Å². The monoisotopic (exact) mass is 224 g/mol. The Morgan fingerprint density at radius 2 is 2.00 bits per heavy atom. The molecule has 0 saturated heterocycles. The van der Waals surface area contributed by atoms with E-state index in [0.717, 1.165) is 4.57 Å². The predicted molar refractivity (Wildman–Crippen MR) is 58.5 cm³/mol. The fraction of sp³-hybridized carbons (Fsp3) is 0.545. The maximum Gasteiger partial charge on any atom is 0.242 e. The minimum Gasteiger partial charge on any atom is -0.493 e. The Morgan fingerprint density at radius 3 is 2.38 bits per heavy atom. The van der Waals surface area contributed by atoms with Gasteiger partial charge < -0.3 is 5.11 Å². The molecule has 0 unspecified atom stereocenters. The molecule has 1 aromatic heterocycles. The summed E-state index contributed by atoms with van der Waals surface area (Å²) < 4.78 is 1.02. The van der Waals surface area contributed by atoms with Crippen LogP contribution in [0, 0.1) is 0 Å². The molecule has 0 fully saturated rings. The van der Waals surface area contributed by atoms with Gasteiger partial charge in [0.15, 0.2) is 0 Å². The van der Waals surface area contributed by atoms with E-state index in [1.165, 1.54) is 13.3 Å². The first kappa shape index (κ1) is 12.4. The van der Waals surface area contributed by atoms with Crippen LogP contribution < -0.4 is 0 Å². The number of carbonyl (C=O) groups excluding carboxylic acids is 2. The molecule has 88 valence electrons. The van der Waals surface area contributed by atoms with Gasteiger partial charge in [-0.05, 0) is 6.92 Å². The molecule has 0 atom stereocenters. The van der Waals surface area contributed by atoms with Crippen LogP contribution in [-0.4, -0.2) is 26.3 Å². The first-order valence-electron chi connectivity index (χ1n) is 5.03. The number of aromatic hydroxyl groups is 1. The van der Waals surface area contributed by atoms with Gasteiger partial charge in [-0.3, -0.25) is 9.59 Å². The van der Waals surface area contributed by atoms with E-state index in [2.05, 4.69) is 4.98 Å². The molecule has 1 heterocycles. The normalized spacial score (nSPS) is 11.5. The molecule has 0 radical (unpaired) electrons. The Morgan fingerprint density at radius 1 is 1.44 bits per heavy atom. The number of rotatable bonds is 2. The molecule has 1 aromatic rings. The fourth-order valence-electron chi connectivity index (χ4n) is 1.35. The van der Waals surface area contributed by atoms with Crippen LogP contribution in [-0.2, 0) is 10.2 Å². The third-order valence-electron chi connectivity index (χ3n) is 2.12. The zero-order valence-corrected chi connectivity index (χ0v) is 9.94. The van der Waals surface area contributed by atoms with Gasteiger partial charge in [-0.15, -0.1) is 0 Å². The molecule has 1 rings (SSSR count). The Balaban J connectivity index is 3.05. The second-order valence-electron chi connectivity index (χ2n) is 4.81. The summed E-state index contributed by atoms with van der Waals surface area (Å²) in [5.41, 5.74) is 0.107. The van der Waals surface area contributed by atoms with Gasteiger partial charge in [0, 0.05) is 5.41 Å². The summed E-state index contributed by atoms with van der Waals surface area (Å²) in [6, 6.07) is 0. The van der Waals surface area contributed by atoms with Gasteiger partial charge in [-0.1, -0.05) is 20.8 Å². The van der Waals surface area contributed by atoms with Crippen LogP contribution in [0.1, 0.15) is 44.6 Å². The average molecular weight is 224 g/mol. The van der Waals surface area contributed by atoms with Crippen LogP contribution in [0.3, 0.4) is 0 Å². The van der Waals surface area contributed by atoms with Crippen LogP contribution in [0.2, 0.25) is 0 Å². The number of Topliss-reactive ketones (excluding diaryl/α,β-unsaturated/α-hetero) is 1. The summed E-state index contributed by atoms with van der Waals surface area (Å²) in [5.74, 6) is -0.887. The Bertz CT molecular complexity index is 427. The molecular formula is C11H16N2O3. The molecule has 1 N–H and O–H groups in total. The first-order valence-corrected chi connectivity index (χ1v) is 5.03. The lowest BCUT2D eigenvalue weighted by atomic mass is 9.92. The molecule has 0 aliphatic carbocycles. The molecule has 0 amide bonds. The number of imidazole rings is 1. The van der Waals surface area contributed by atoms with Crippen molar-refractivity contribution in [1.82, 2.24) is 9.55 Å². The second kappa shape index (κ2) is 4.08. The number of nitrogens with zero attached hydrogens (tertiary/aromatic N) is 2. The van der Waals surface area contributed by atoms with Crippen LogP contribution in [0.5, 0.6) is 5.88 Å². The zero-order valence-electron chi connectivity index (χ0n) is 9.94. The highest BCUT2D eigenvalue weighted by molar-refractivity contribution is 5.98. The molecule has 5 nitrogen and oxygen atoms in total. The van der Waals surface area contributed by atoms with Crippen molar-refractivity contribution >= 4 is 11.7 Å². The van der Waals surface area contributed by atoms with Gasteiger partial charge in [-0.2, -0.15) is 0 Å². The van der Waals surface area contributed by atoms with E-state index in [4.69, 9.17) is 0 Å². The zero-order chi connectivity index (χ0) is 12.5. The van der Waals surface area contributed by atoms with E-state index in [9.17, 15) is 14.7 Å². The van der Waals surface area contributed by atoms with Crippen molar-refractivity contribution in [1.29, 1.82) is 0 Å². The van der Waals surface area contributed by atoms with E-state index in [-0.39, 0.29) is 23.5 Å². The van der Waals surface area contributed by atoms with E-state index < -0.39 is 5.91 Å². The Kier molecular flexibility index (Phi) is 3.16. The summed E-state index contributed by atoms with van der Waals surface area (Å²) >= 11 is 0. The Labute approximate surface area is 94.1 Å². The van der Waals surface area contributed by atoms with Crippen molar-refractivity contribution < 1.29 is 14.7 Å². The van der Waals surface area contributed by atoms with Crippen molar-refractivity contribution in [2.24, 2.45) is 0 Å². The molecule has 0 aromatic carbocycles. The quantitative estimate of drug-likeness (QED) is 0.773. The van der Waals surface area contributed by atoms with Crippen molar-refractivity contribution in [2.45, 2.75) is 39.5 Å². The molecule has 0 aliphatic heterocycles. The lowest BCUT2D eigenvalue weighted by Crippen LogP contribution is -2.15. The fourth-order valence-corrected chi connectivity index (χ4v) is 1.35. The molecule has 0 bridgehead atoms. The van der Waals surface area contributed by atoms with Crippen LogP contribution in [0.4, 0.5) is 0 Å². The minimum atomic E-state index is -0.465. The highest BCUT2D eigenvalue weighted by Crippen LogP contribution is 2.28. The molecule has 5 heteroatoms. The van der Waals surface area contributed by atoms with Gasteiger partial charge in [0.25, 0.3) is 0 Å². The lowest BCUT2D eigenvalue weighted by Gasteiger charge is -2.15. The van der Waals surface area contributed by atoms with Crippen molar-refractivity contribution in [3.05, 3.63) is 12.0 Å². The third kappa shape index (κ3) is 2.48. The highest BCUT2D eigenvalue weighted by atomic mass is 16.3. The SMILES string of the molecule is CC(=O)CC(=O)n1cnc(C(C)(C)C)c1O. The second-order valence-corrected chi connectivity index (χ2v) is 4.81. The number of hydrogen-bond donors (Lipinski definition) is 1. The maximum atomic E-state index is 11.6. The maximum absolute atomic E-state index is 11.6. The molecule has 0 aliphatic rings. The minimum absolute atomic E-state index is 0.182. The number of ketones is 1. The van der Waals surface area contributed by atoms with Crippen LogP contribution >= 0.6 is 0 Å². The summed E-state index contributed by atoms with van der Waals surface area (Å²) in [4.78, 5) is 26.4. The van der Waals surface area contributed by atoms with E-state index in [1.807, 2.05) is 20.8 Å². The van der Waals surface area contributed by atoms with E-state index in [1.54, 1.807) is 0 Å². The van der Waals surface area contributed by atoms with Crippen molar-refractivity contribution in [3.63, 3.8) is 0 Å². The van der Waals surface area contributed by atoms with Crippen LogP contribution in [0.25, 0.3) is 0 Å². The van der Waals surface area contributed by atoms with E-state index in [0.29, 0.717) is 5.69 Å². The average Bonchev–Trinajstić information content (AvgIpc) is 2.44. The molecule has 0 saturated carbocycles. The number of hydrogen-bond acceptors (Lipinski definition) is 4.